The molecule has 144 valence electrons. The van der Waals surface area contributed by atoms with Gasteiger partial charge in [0.2, 0.25) is 5.91 Å². The summed E-state index contributed by atoms with van der Waals surface area (Å²) >= 11 is 7.93. The molecule has 4 rings (SSSR count). The molecular weight excluding hydrogens is 392 g/mol. The summed E-state index contributed by atoms with van der Waals surface area (Å²) in [5, 5.41) is 12.2. The zero-order valence-electron chi connectivity index (χ0n) is 15.3. The number of fused-ring (bicyclic) bond motifs is 1. The number of aromatic hydroxyl groups is 1. The second-order valence-corrected chi connectivity index (χ2v) is 8.19. The van der Waals surface area contributed by atoms with E-state index in [0.717, 1.165) is 39.5 Å². The van der Waals surface area contributed by atoms with Crippen LogP contribution < -0.4 is 4.90 Å². The SMILES string of the molecule is O=C(CSc1cccc2cccc(Cl)c12)N1CCN(c2ccc(O)cc2)CC1. The largest absolute Gasteiger partial charge is 0.508 e. The van der Waals surface area contributed by atoms with Crippen molar-refractivity contribution in [1.29, 1.82) is 0 Å². The van der Waals surface area contributed by atoms with Gasteiger partial charge in [-0.05, 0) is 41.8 Å². The van der Waals surface area contributed by atoms with E-state index in [2.05, 4.69) is 4.90 Å². The topological polar surface area (TPSA) is 43.8 Å². The highest BCUT2D eigenvalue weighted by Crippen LogP contribution is 2.33. The number of benzene rings is 3. The van der Waals surface area contributed by atoms with Crippen molar-refractivity contribution < 1.29 is 9.90 Å². The molecule has 6 heteroatoms. The Labute approximate surface area is 173 Å². The standard InChI is InChI=1S/C22H21ClN2O2S/c23-19-5-1-3-16-4-2-6-20(22(16)19)28-15-21(27)25-13-11-24(12-14-25)17-7-9-18(26)10-8-17/h1-10,26H,11-15H2. The fourth-order valence-electron chi connectivity index (χ4n) is 3.49. The third-order valence-corrected chi connectivity index (χ3v) is 6.37. The molecule has 0 radical (unpaired) electrons. The van der Waals surface area contributed by atoms with E-state index in [-0.39, 0.29) is 11.7 Å². The lowest BCUT2D eigenvalue weighted by molar-refractivity contribution is -0.128. The molecular formula is C22H21ClN2O2S. The van der Waals surface area contributed by atoms with Crippen molar-refractivity contribution >= 4 is 45.7 Å². The number of halogens is 1. The van der Waals surface area contributed by atoms with Crippen LogP contribution in [0.15, 0.2) is 65.6 Å². The van der Waals surface area contributed by atoms with Gasteiger partial charge in [0.05, 0.1) is 5.75 Å². The summed E-state index contributed by atoms with van der Waals surface area (Å²) in [5.74, 6) is 0.825. The maximum Gasteiger partial charge on any atom is 0.233 e. The molecule has 0 aromatic heterocycles. The predicted octanol–water partition coefficient (Wildman–Crippen LogP) is 4.64. The molecule has 0 unspecified atom stereocenters. The average Bonchev–Trinajstić information content (AvgIpc) is 2.73. The van der Waals surface area contributed by atoms with Crippen LogP contribution in [0.1, 0.15) is 0 Å². The van der Waals surface area contributed by atoms with Crippen molar-refractivity contribution in [3.8, 4) is 5.75 Å². The normalized spacial score (nSPS) is 14.5. The molecule has 0 saturated carbocycles. The molecule has 28 heavy (non-hydrogen) atoms. The number of thioether (sulfide) groups is 1. The van der Waals surface area contributed by atoms with E-state index in [0.29, 0.717) is 18.8 Å². The van der Waals surface area contributed by atoms with Gasteiger partial charge >= 0.3 is 0 Å². The van der Waals surface area contributed by atoms with E-state index >= 15 is 0 Å². The van der Waals surface area contributed by atoms with Crippen LogP contribution in [0, 0.1) is 0 Å². The molecule has 1 saturated heterocycles. The fourth-order valence-corrected chi connectivity index (χ4v) is 4.84. The number of hydrogen-bond acceptors (Lipinski definition) is 4. The molecule has 3 aromatic rings. The van der Waals surface area contributed by atoms with Crippen molar-refractivity contribution in [3.63, 3.8) is 0 Å². The van der Waals surface area contributed by atoms with Crippen LogP contribution in [0.4, 0.5) is 5.69 Å². The van der Waals surface area contributed by atoms with Crippen LogP contribution >= 0.6 is 23.4 Å². The quantitative estimate of drug-likeness (QED) is 0.634. The minimum absolute atomic E-state index is 0.152. The van der Waals surface area contributed by atoms with Gasteiger partial charge in [-0.3, -0.25) is 4.79 Å². The Morgan fingerprint density at radius 3 is 2.36 bits per heavy atom. The fraction of sp³-hybridized carbons (Fsp3) is 0.227. The Morgan fingerprint density at radius 1 is 0.964 bits per heavy atom. The first-order chi connectivity index (χ1) is 13.6. The lowest BCUT2D eigenvalue weighted by Gasteiger charge is -2.36. The average molecular weight is 413 g/mol. The molecule has 1 aliphatic rings. The Balaban J connectivity index is 1.36. The van der Waals surface area contributed by atoms with Gasteiger partial charge in [-0.1, -0.05) is 35.9 Å². The number of hydrogen-bond donors (Lipinski definition) is 1. The van der Waals surface area contributed by atoms with Crippen LogP contribution in [-0.2, 0) is 4.79 Å². The van der Waals surface area contributed by atoms with Gasteiger partial charge in [0.1, 0.15) is 5.75 Å². The van der Waals surface area contributed by atoms with Gasteiger partial charge in [0.15, 0.2) is 0 Å². The summed E-state index contributed by atoms with van der Waals surface area (Å²) in [4.78, 5) is 17.9. The van der Waals surface area contributed by atoms with Crippen molar-refractivity contribution in [3.05, 3.63) is 65.7 Å². The monoisotopic (exact) mass is 412 g/mol. The third kappa shape index (κ3) is 4.05. The predicted molar refractivity (Wildman–Crippen MR) is 117 cm³/mol. The summed E-state index contributed by atoms with van der Waals surface area (Å²) in [5.41, 5.74) is 1.07. The van der Waals surface area contributed by atoms with Gasteiger partial charge in [0, 0.05) is 47.2 Å². The minimum atomic E-state index is 0.152. The lowest BCUT2D eigenvalue weighted by atomic mass is 10.1. The summed E-state index contributed by atoms with van der Waals surface area (Å²) < 4.78 is 0. The molecule has 4 nitrogen and oxygen atoms in total. The first-order valence-corrected chi connectivity index (χ1v) is 10.6. The second-order valence-electron chi connectivity index (χ2n) is 6.77. The number of carbonyl (C=O) groups is 1. The Bertz CT molecular complexity index is 980. The Kier molecular flexibility index (Phi) is 5.64. The lowest BCUT2D eigenvalue weighted by Crippen LogP contribution is -2.49. The van der Waals surface area contributed by atoms with Crippen LogP contribution in [0.3, 0.4) is 0 Å². The van der Waals surface area contributed by atoms with E-state index in [9.17, 15) is 9.90 Å². The van der Waals surface area contributed by atoms with E-state index in [4.69, 9.17) is 11.6 Å². The number of rotatable bonds is 4. The molecule has 0 spiro atoms. The van der Waals surface area contributed by atoms with Gasteiger partial charge in [-0.25, -0.2) is 0 Å². The number of phenolic OH excluding ortho intramolecular Hbond substituents is 1. The summed E-state index contributed by atoms with van der Waals surface area (Å²) in [7, 11) is 0. The third-order valence-electron chi connectivity index (χ3n) is 5.01. The molecule has 1 aliphatic heterocycles. The number of piperazine rings is 1. The smallest absolute Gasteiger partial charge is 0.233 e. The first kappa shape index (κ1) is 19.0. The van der Waals surface area contributed by atoms with Crippen molar-refractivity contribution in [2.45, 2.75) is 4.90 Å². The summed E-state index contributed by atoms with van der Waals surface area (Å²) in [6, 6.07) is 19.1. The number of nitrogens with zero attached hydrogens (tertiary/aromatic N) is 2. The summed E-state index contributed by atoms with van der Waals surface area (Å²) in [6.07, 6.45) is 0. The molecule has 1 N–H and O–H groups in total. The number of phenols is 1. The molecule has 1 amide bonds. The highest BCUT2D eigenvalue weighted by Gasteiger charge is 2.21. The van der Waals surface area contributed by atoms with Crippen molar-refractivity contribution in [2.75, 3.05) is 36.8 Å². The van der Waals surface area contributed by atoms with E-state index < -0.39 is 0 Å². The van der Waals surface area contributed by atoms with E-state index in [1.807, 2.05) is 53.4 Å². The highest BCUT2D eigenvalue weighted by atomic mass is 35.5. The van der Waals surface area contributed by atoms with Crippen molar-refractivity contribution in [1.82, 2.24) is 4.90 Å². The molecule has 0 bridgehead atoms. The molecule has 1 heterocycles. The maximum atomic E-state index is 12.7. The molecule has 0 aliphatic carbocycles. The number of anilines is 1. The number of carbonyl (C=O) groups excluding carboxylic acids is 1. The first-order valence-electron chi connectivity index (χ1n) is 9.23. The Hall–Kier alpha value is -2.37. The maximum absolute atomic E-state index is 12.7. The Morgan fingerprint density at radius 2 is 1.64 bits per heavy atom. The zero-order chi connectivity index (χ0) is 19.5. The van der Waals surface area contributed by atoms with Gasteiger partial charge in [-0.2, -0.15) is 0 Å². The van der Waals surface area contributed by atoms with Crippen LogP contribution in [-0.4, -0.2) is 47.8 Å². The molecule has 1 fully saturated rings. The van der Waals surface area contributed by atoms with Crippen molar-refractivity contribution in [2.24, 2.45) is 0 Å². The summed E-state index contributed by atoms with van der Waals surface area (Å²) in [6.45, 7) is 3.00. The number of amides is 1. The zero-order valence-corrected chi connectivity index (χ0v) is 16.9. The van der Waals surface area contributed by atoms with Crippen LogP contribution in [0.2, 0.25) is 5.02 Å². The van der Waals surface area contributed by atoms with E-state index in [1.54, 1.807) is 23.9 Å². The van der Waals surface area contributed by atoms with Crippen LogP contribution in [0.5, 0.6) is 5.75 Å². The van der Waals surface area contributed by atoms with E-state index in [1.165, 1.54) is 0 Å². The van der Waals surface area contributed by atoms with Gasteiger partial charge < -0.3 is 14.9 Å². The van der Waals surface area contributed by atoms with Gasteiger partial charge in [-0.15, -0.1) is 11.8 Å². The minimum Gasteiger partial charge on any atom is -0.508 e. The van der Waals surface area contributed by atoms with Gasteiger partial charge in [0.25, 0.3) is 0 Å². The second kappa shape index (κ2) is 8.33. The van der Waals surface area contributed by atoms with Crippen LogP contribution in [0.25, 0.3) is 10.8 Å². The molecule has 3 aromatic carbocycles. The molecule has 0 atom stereocenters. The highest BCUT2D eigenvalue weighted by molar-refractivity contribution is 8.00.